The van der Waals surface area contributed by atoms with Crippen molar-refractivity contribution in [3.05, 3.63) is 52.0 Å². The van der Waals surface area contributed by atoms with Crippen molar-refractivity contribution in [3.8, 4) is 17.2 Å². The monoisotopic (exact) mass is 351 g/mol. The van der Waals surface area contributed by atoms with Crippen molar-refractivity contribution in [2.45, 2.75) is 13.2 Å². The van der Waals surface area contributed by atoms with Crippen molar-refractivity contribution < 1.29 is 14.2 Å². The van der Waals surface area contributed by atoms with Crippen LogP contribution in [0.2, 0.25) is 0 Å². The van der Waals surface area contributed by atoms with E-state index in [0.29, 0.717) is 24.7 Å². The Balaban J connectivity index is 2.26. The van der Waals surface area contributed by atoms with Gasteiger partial charge in [0.2, 0.25) is 0 Å². The molecule has 112 valence electrons. The van der Waals surface area contributed by atoms with Crippen molar-refractivity contribution in [3.63, 3.8) is 0 Å². The number of hydrogen-bond donors (Lipinski definition) is 1. The Hall–Kier alpha value is -1.72. The molecular formula is C16H18BrNO3. The molecule has 0 aliphatic carbocycles. The molecule has 0 heterocycles. The molecule has 0 atom stereocenters. The molecule has 0 radical (unpaired) electrons. The molecule has 0 bridgehead atoms. The predicted molar refractivity (Wildman–Crippen MR) is 85.9 cm³/mol. The largest absolute Gasteiger partial charge is 0.496 e. The summed E-state index contributed by atoms with van der Waals surface area (Å²) >= 11 is 3.45. The van der Waals surface area contributed by atoms with Crippen molar-refractivity contribution >= 4 is 15.9 Å². The highest BCUT2D eigenvalue weighted by atomic mass is 79.9. The van der Waals surface area contributed by atoms with E-state index in [9.17, 15) is 0 Å². The van der Waals surface area contributed by atoms with Crippen LogP contribution in [0.4, 0.5) is 0 Å². The van der Waals surface area contributed by atoms with Crippen LogP contribution in [-0.2, 0) is 13.2 Å². The third-order valence-electron chi connectivity index (χ3n) is 3.11. The van der Waals surface area contributed by atoms with Gasteiger partial charge in [0.1, 0.15) is 12.4 Å². The molecule has 0 saturated heterocycles. The van der Waals surface area contributed by atoms with E-state index in [0.717, 1.165) is 21.3 Å². The van der Waals surface area contributed by atoms with Crippen LogP contribution in [0.25, 0.3) is 0 Å². The van der Waals surface area contributed by atoms with E-state index in [4.69, 9.17) is 19.9 Å². The maximum absolute atomic E-state index is 5.93. The number of benzene rings is 2. The zero-order valence-corrected chi connectivity index (χ0v) is 13.6. The van der Waals surface area contributed by atoms with Crippen LogP contribution in [0, 0.1) is 0 Å². The molecule has 0 fully saturated rings. The van der Waals surface area contributed by atoms with Gasteiger partial charge < -0.3 is 19.9 Å². The average molecular weight is 352 g/mol. The first-order chi connectivity index (χ1) is 10.2. The highest BCUT2D eigenvalue weighted by Gasteiger charge is 2.11. The number of nitrogens with two attached hydrogens (primary N) is 1. The van der Waals surface area contributed by atoms with Crippen LogP contribution in [0.5, 0.6) is 17.2 Å². The number of rotatable bonds is 6. The highest BCUT2D eigenvalue weighted by Crippen LogP contribution is 2.32. The van der Waals surface area contributed by atoms with E-state index >= 15 is 0 Å². The molecular weight excluding hydrogens is 334 g/mol. The van der Waals surface area contributed by atoms with Gasteiger partial charge in [0.05, 0.1) is 14.2 Å². The average Bonchev–Trinajstić information content (AvgIpc) is 2.52. The minimum Gasteiger partial charge on any atom is -0.496 e. The van der Waals surface area contributed by atoms with E-state index in [2.05, 4.69) is 15.9 Å². The fraction of sp³-hybridized carbons (Fsp3) is 0.250. The molecule has 0 aliphatic heterocycles. The molecule has 5 heteroatoms. The van der Waals surface area contributed by atoms with Gasteiger partial charge in [0.25, 0.3) is 0 Å². The second-order valence-electron chi connectivity index (χ2n) is 4.40. The summed E-state index contributed by atoms with van der Waals surface area (Å²) in [6.45, 7) is 0.762. The minimum atomic E-state index is 0.371. The molecule has 2 aromatic carbocycles. The fourth-order valence-corrected chi connectivity index (χ4v) is 2.46. The van der Waals surface area contributed by atoms with Crippen molar-refractivity contribution in [1.82, 2.24) is 0 Å². The Morgan fingerprint density at radius 1 is 1.00 bits per heavy atom. The van der Waals surface area contributed by atoms with Gasteiger partial charge in [-0.1, -0.05) is 28.1 Å². The maximum atomic E-state index is 5.93. The first-order valence-electron chi connectivity index (χ1n) is 6.50. The summed E-state index contributed by atoms with van der Waals surface area (Å²) in [5, 5.41) is 0. The van der Waals surface area contributed by atoms with Crippen LogP contribution in [0.3, 0.4) is 0 Å². The number of halogens is 1. The smallest absolute Gasteiger partial charge is 0.166 e. The molecule has 0 aromatic heterocycles. The van der Waals surface area contributed by atoms with Crippen LogP contribution in [0.1, 0.15) is 11.1 Å². The summed E-state index contributed by atoms with van der Waals surface area (Å²) < 4.78 is 17.6. The Bertz CT molecular complexity index is 594. The molecule has 0 unspecified atom stereocenters. The Morgan fingerprint density at radius 3 is 2.43 bits per heavy atom. The normalized spacial score (nSPS) is 10.3. The van der Waals surface area contributed by atoms with Crippen molar-refractivity contribution in [2.24, 2.45) is 5.73 Å². The SMILES string of the molecule is COc1ccc(Br)cc1COc1c(CN)cccc1OC. The Kier molecular flexibility index (Phi) is 5.47. The van der Waals surface area contributed by atoms with E-state index in [1.807, 2.05) is 36.4 Å². The topological polar surface area (TPSA) is 53.7 Å². The van der Waals surface area contributed by atoms with E-state index < -0.39 is 0 Å². The summed E-state index contributed by atoms with van der Waals surface area (Å²) in [5.74, 6) is 2.12. The summed E-state index contributed by atoms with van der Waals surface area (Å²) in [5.41, 5.74) is 7.61. The molecule has 0 aliphatic rings. The molecule has 2 N–H and O–H groups in total. The van der Waals surface area contributed by atoms with Crippen LogP contribution in [-0.4, -0.2) is 14.2 Å². The lowest BCUT2D eigenvalue weighted by Crippen LogP contribution is -2.05. The zero-order chi connectivity index (χ0) is 15.2. The molecule has 0 spiro atoms. The van der Waals surface area contributed by atoms with Gasteiger partial charge in [0, 0.05) is 22.1 Å². The van der Waals surface area contributed by atoms with Gasteiger partial charge in [-0.05, 0) is 24.3 Å². The molecule has 0 amide bonds. The summed E-state index contributed by atoms with van der Waals surface area (Å²) in [7, 11) is 3.25. The van der Waals surface area contributed by atoms with Gasteiger partial charge in [0.15, 0.2) is 11.5 Å². The third kappa shape index (κ3) is 3.68. The first kappa shape index (κ1) is 15.7. The van der Waals surface area contributed by atoms with Crippen molar-refractivity contribution in [1.29, 1.82) is 0 Å². The first-order valence-corrected chi connectivity index (χ1v) is 7.30. The summed E-state index contributed by atoms with van der Waals surface area (Å²) in [6, 6.07) is 11.5. The summed E-state index contributed by atoms with van der Waals surface area (Å²) in [4.78, 5) is 0. The minimum absolute atomic E-state index is 0.371. The molecule has 2 rings (SSSR count). The van der Waals surface area contributed by atoms with E-state index in [-0.39, 0.29) is 0 Å². The standard InChI is InChI=1S/C16H18BrNO3/c1-19-14-7-6-13(17)8-12(14)10-21-16-11(9-18)4-3-5-15(16)20-2/h3-8H,9-10,18H2,1-2H3. The lowest BCUT2D eigenvalue weighted by Gasteiger charge is -2.15. The molecule has 21 heavy (non-hydrogen) atoms. The molecule has 2 aromatic rings. The van der Waals surface area contributed by atoms with E-state index in [1.165, 1.54) is 0 Å². The van der Waals surface area contributed by atoms with Gasteiger partial charge >= 0.3 is 0 Å². The van der Waals surface area contributed by atoms with Gasteiger partial charge in [-0.3, -0.25) is 0 Å². The third-order valence-corrected chi connectivity index (χ3v) is 3.61. The molecule has 4 nitrogen and oxygen atoms in total. The van der Waals surface area contributed by atoms with Crippen molar-refractivity contribution in [2.75, 3.05) is 14.2 Å². The summed E-state index contributed by atoms with van der Waals surface area (Å²) in [6.07, 6.45) is 0. The zero-order valence-electron chi connectivity index (χ0n) is 12.1. The van der Waals surface area contributed by atoms with Gasteiger partial charge in [-0.15, -0.1) is 0 Å². The fourth-order valence-electron chi connectivity index (χ4n) is 2.06. The van der Waals surface area contributed by atoms with Crippen LogP contribution >= 0.6 is 15.9 Å². The van der Waals surface area contributed by atoms with Crippen LogP contribution in [0.15, 0.2) is 40.9 Å². The number of methoxy groups -OCH3 is 2. The maximum Gasteiger partial charge on any atom is 0.166 e. The highest BCUT2D eigenvalue weighted by molar-refractivity contribution is 9.10. The van der Waals surface area contributed by atoms with Gasteiger partial charge in [-0.2, -0.15) is 0 Å². The Labute approximate surface area is 132 Å². The second kappa shape index (κ2) is 7.33. The second-order valence-corrected chi connectivity index (χ2v) is 5.31. The lowest BCUT2D eigenvalue weighted by molar-refractivity contribution is 0.275. The number of para-hydroxylation sites is 1. The lowest BCUT2D eigenvalue weighted by atomic mass is 10.1. The predicted octanol–water partition coefficient (Wildman–Crippen LogP) is 3.50. The number of ether oxygens (including phenoxy) is 3. The van der Waals surface area contributed by atoms with Gasteiger partial charge in [-0.25, -0.2) is 0 Å². The number of hydrogen-bond acceptors (Lipinski definition) is 4. The van der Waals surface area contributed by atoms with Crippen LogP contribution < -0.4 is 19.9 Å². The quantitative estimate of drug-likeness (QED) is 0.865. The Morgan fingerprint density at radius 2 is 1.76 bits per heavy atom. The molecule has 0 saturated carbocycles. The van der Waals surface area contributed by atoms with E-state index in [1.54, 1.807) is 14.2 Å².